The molecule has 1 saturated heterocycles. The fourth-order valence-corrected chi connectivity index (χ4v) is 2.43. The van der Waals surface area contributed by atoms with Crippen molar-refractivity contribution in [3.63, 3.8) is 0 Å². The van der Waals surface area contributed by atoms with Crippen molar-refractivity contribution in [1.82, 2.24) is 10.2 Å². The lowest BCUT2D eigenvalue weighted by molar-refractivity contribution is 0.136. The summed E-state index contributed by atoms with van der Waals surface area (Å²) in [6.45, 7) is 7.03. The van der Waals surface area contributed by atoms with Gasteiger partial charge in [-0.25, -0.2) is 0 Å². The zero-order valence-electron chi connectivity index (χ0n) is 10.9. The number of nitrogens with zero attached hydrogens (tertiary/aromatic N) is 1. The Hall–Kier alpha value is -1.10. The van der Waals surface area contributed by atoms with Crippen LogP contribution < -0.4 is 5.32 Å². The Morgan fingerprint density at radius 1 is 1.33 bits per heavy atom. The number of aliphatic hydroxyl groups is 1. The summed E-state index contributed by atoms with van der Waals surface area (Å²) in [6.07, 6.45) is 0.298. The highest BCUT2D eigenvalue weighted by Gasteiger charge is 2.14. The molecule has 1 aromatic carbocycles. The van der Waals surface area contributed by atoms with Gasteiger partial charge in [0.25, 0.3) is 0 Å². The highest BCUT2D eigenvalue weighted by Crippen LogP contribution is 2.24. The zero-order chi connectivity index (χ0) is 13.0. The second-order valence-electron chi connectivity index (χ2n) is 4.94. The number of aryl methyl sites for hydroxylation is 1. The predicted octanol–water partition coefficient (Wildman–Crippen LogP) is 1.03. The number of phenols is 1. The smallest absolute Gasteiger partial charge is 0.115 e. The van der Waals surface area contributed by atoms with Crippen LogP contribution in [-0.4, -0.2) is 47.8 Å². The van der Waals surface area contributed by atoms with Crippen LogP contribution >= 0.6 is 0 Å². The summed E-state index contributed by atoms with van der Waals surface area (Å²) in [6, 6.07) is 5.15. The molecule has 0 spiro atoms. The molecule has 1 atom stereocenters. The molecule has 1 heterocycles. The molecule has 0 bridgehead atoms. The van der Waals surface area contributed by atoms with Crippen molar-refractivity contribution in [3.05, 3.63) is 29.3 Å². The maximum Gasteiger partial charge on any atom is 0.115 e. The number of aliphatic hydroxyl groups excluding tert-OH is 1. The van der Waals surface area contributed by atoms with Crippen molar-refractivity contribution in [1.29, 1.82) is 0 Å². The quantitative estimate of drug-likeness (QED) is 0.747. The van der Waals surface area contributed by atoms with Crippen molar-refractivity contribution < 1.29 is 10.2 Å². The molecule has 4 nitrogen and oxygen atoms in total. The maximum absolute atomic E-state index is 10.2. The summed E-state index contributed by atoms with van der Waals surface area (Å²) in [5.41, 5.74) is 1.87. The molecule has 0 amide bonds. The molecule has 0 saturated carbocycles. The molecule has 100 valence electrons. The average molecular weight is 250 g/mol. The van der Waals surface area contributed by atoms with E-state index < -0.39 is 6.10 Å². The first kappa shape index (κ1) is 13.3. The first-order chi connectivity index (χ1) is 8.66. The molecule has 0 aromatic heterocycles. The van der Waals surface area contributed by atoms with Crippen LogP contribution in [0.25, 0.3) is 0 Å². The molecule has 1 aromatic rings. The molecular weight excluding hydrogens is 228 g/mol. The number of phenolic OH excluding ortho intramolecular Hbond substituents is 1. The van der Waals surface area contributed by atoms with Gasteiger partial charge in [-0.05, 0) is 36.6 Å². The van der Waals surface area contributed by atoms with E-state index in [1.54, 1.807) is 12.1 Å². The number of piperazine rings is 1. The summed E-state index contributed by atoms with van der Waals surface area (Å²) in [4.78, 5) is 2.37. The van der Waals surface area contributed by atoms with Crippen molar-refractivity contribution in [2.24, 2.45) is 0 Å². The number of hydrogen-bond donors (Lipinski definition) is 3. The Balaban J connectivity index is 1.88. The molecule has 2 rings (SSSR count). The Bertz CT molecular complexity index is 389. The molecule has 0 aliphatic carbocycles. The number of hydrogen-bond acceptors (Lipinski definition) is 4. The largest absolute Gasteiger partial charge is 0.508 e. The molecule has 1 fully saturated rings. The Morgan fingerprint density at radius 2 is 2.06 bits per heavy atom. The lowest BCUT2D eigenvalue weighted by Gasteiger charge is -2.28. The lowest BCUT2D eigenvalue weighted by Crippen LogP contribution is -2.44. The van der Waals surface area contributed by atoms with Gasteiger partial charge in [0.1, 0.15) is 5.75 Å². The van der Waals surface area contributed by atoms with Gasteiger partial charge in [-0.15, -0.1) is 0 Å². The predicted molar refractivity (Wildman–Crippen MR) is 71.7 cm³/mol. The van der Waals surface area contributed by atoms with E-state index in [0.717, 1.165) is 50.3 Å². The second-order valence-corrected chi connectivity index (χ2v) is 4.94. The van der Waals surface area contributed by atoms with Gasteiger partial charge in [-0.1, -0.05) is 6.07 Å². The van der Waals surface area contributed by atoms with E-state index in [2.05, 4.69) is 10.2 Å². The molecule has 1 aliphatic rings. The van der Waals surface area contributed by atoms with Crippen LogP contribution in [-0.2, 0) is 0 Å². The number of rotatable bonds is 4. The topological polar surface area (TPSA) is 55.7 Å². The van der Waals surface area contributed by atoms with Crippen LogP contribution in [0.1, 0.15) is 23.7 Å². The fourth-order valence-electron chi connectivity index (χ4n) is 2.43. The molecule has 4 heteroatoms. The molecule has 1 aliphatic heterocycles. The average Bonchev–Trinajstić information content (AvgIpc) is 2.37. The fraction of sp³-hybridized carbons (Fsp3) is 0.571. The third-order valence-corrected chi connectivity index (χ3v) is 3.54. The Labute approximate surface area is 108 Å². The first-order valence-corrected chi connectivity index (χ1v) is 6.57. The van der Waals surface area contributed by atoms with Gasteiger partial charge >= 0.3 is 0 Å². The minimum absolute atomic E-state index is 0.255. The van der Waals surface area contributed by atoms with E-state index in [9.17, 15) is 10.2 Å². The molecule has 1 unspecified atom stereocenters. The van der Waals surface area contributed by atoms with E-state index in [1.165, 1.54) is 0 Å². The van der Waals surface area contributed by atoms with Crippen LogP contribution in [0.3, 0.4) is 0 Å². The normalized spacial score (nSPS) is 18.8. The molecular formula is C14H22N2O2. The van der Waals surface area contributed by atoms with Crippen molar-refractivity contribution in [2.45, 2.75) is 19.4 Å². The van der Waals surface area contributed by atoms with Gasteiger partial charge in [-0.3, -0.25) is 0 Å². The van der Waals surface area contributed by atoms with Gasteiger partial charge in [0.05, 0.1) is 6.10 Å². The van der Waals surface area contributed by atoms with Crippen molar-refractivity contribution in [3.8, 4) is 5.75 Å². The summed E-state index contributed by atoms with van der Waals surface area (Å²) in [5, 5.41) is 22.9. The highest BCUT2D eigenvalue weighted by molar-refractivity contribution is 5.35. The van der Waals surface area contributed by atoms with Gasteiger partial charge in [0, 0.05) is 32.7 Å². The third-order valence-electron chi connectivity index (χ3n) is 3.54. The maximum atomic E-state index is 10.2. The molecule has 18 heavy (non-hydrogen) atoms. The minimum atomic E-state index is -0.444. The summed E-state index contributed by atoms with van der Waals surface area (Å²) in [7, 11) is 0. The van der Waals surface area contributed by atoms with Gasteiger partial charge in [-0.2, -0.15) is 0 Å². The van der Waals surface area contributed by atoms with Gasteiger partial charge in [0.15, 0.2) is 0 Å². The minimum Gasteiger partial charge on any atom is -0.508 e. The second kappa shape index (κ2) is 6.18. The van der Waals surface area contributed by atoms with Crippen LogP contribution in [0.15, 0.2) is 18.2 Å². The standard InChI is InChI=1S/C14H22N2O2/c1-11-10-12(17)2-3-13(11)14(18)4-7-16-8-5-15-6-9-16/h2-3,10,14-15,17-18H,4-9H2,1H3. The molecule has 3 N–H and O–H groups in total. The summed E-state index contributed by atoms with van der Waals surface area (Å²) in [5.74, 6) is 0.255. The third kappa shape index (κ3) is 3.45. The molecule has 0 radical (unpaired) electrons. The lowest BCUT2D eigenvalue weighted by atomic mass is 10.0. The number of aromatic hydroxyl groups is 1. The number of benzene rings is 1. The zero-order valence-corrected chi connectivity index (χ0v) is 10.9. The van der Waals surface area contributed by atoms with E-state index in [0.29, 0.717) is 0 Å². The van der Waals surface area contributed by atoms with E-state index in [-0.39, 0.29) is 5.75 Å². The van der Waals surface area contributed by atoms with Gasteiger partial charge in [0.2, 0.25) is 0 Å². The van der Waals surface area contributed by atoms with Crippen LogP contribution in [0.2, 0.25) is 0 Å². The first-order valence-electron chi connectivity index (χ1n) is 6.57. The highest BCUT2D eigenvalue weighted by atomic mass is 16.3. The monoisotopic (exact) mass is 250 g/mol. The van der Waals surface area contributed by atoms with E-state index in [4.69, 9.17) is 0 Å². The van der Waals surface area contributed by atoms with Crippen LogP contribution in [0.4, 0.5) is 0 Å². The van der Waals surface area contributed by atoms with Crippen molar-refractivity contribution in [2.75, 3.05) is 32.7 Å². The van der Waals surface area contributed by atoms with Crippen molar-refractivity contribution >= 4 is 0 Å². The summed E-state index contributed by atoms with van der Waals surface area (Å²) < 4.78 is 0. The summed E-state index contributed by atoms with van der Waals surface area (Å²) >= 11 is 0. The van der Waals surface area contributed by atoms with E-state index >= 15 is 0 Å². The van der Waals surface area contributed by atoms with E-state index in [1.807, 2.05) is 13.0 Å². The number of nitrogens with one attached hydrogen (secondary N) is 1. The van der Waals surface area contributed by atoms with Crippen LogP contribution in [0.5, 0.6) is 5.75 Å². The Morgan fingerprint density at radius 3 is 2.72 bits per heavy atom. The van der Waals surface area contributed by atoms with Crippen LogP contribution in [0, 0.1) is 6.92 Å². The van der Waals surface area contributed by atoms with Gasteiger partial charge < -0.3 is 20.4 Å². The SMILES string of the molecule is Cc1cc(O)ccc1C(O)CCN1CCNCC1. The Kier molecular flexibility index (Phi) is 4.58.